The van der Waals surface area contributed by atoms with Crippen LogP contribution in [0.15, 0.2) is 30.3 Å². The van der Waals surface area contributed by atoms with Gasteiger partial charge in [0.1, 0.15) is 0 Å². The van der Waals surface area contributed by atoms with Crippen LogP contribution in [-0.2, 0) is 11.2 Å². The smallest absolute Gasteiger partial charge is 0.223 e. The molecule has 0 aliphatic carbocycles. The predicted molar refractivity (Wildman–Crippen MR) is 104 cm³/mol. The summed E-state index contributed by atoms with van der Waals surface area (Å²) in [5.74, 6) is 0.301. The van der Waals surface area contributed by atoms with Gasteiger partial charge in [0, 0.05) is 19.5 Å². The van der Waals surface area contributed by atoms with Crippen molar-refractivity contribution in [2.45, 2.75) is 38.5 Å². The number of carbonyl (C=O) groups excluding carboxylic acids is 1. The third kappa shape index (κ3) is 6.44. The second-order valence-electron chi connectivity index (χ2n) is 8.72. The molecule has 2 N–H and O–H groups in total. The van der Waals surface area contributed by atoms with E-state index in [1.807, 2.05) is 6.07 Å². The highest BCUT2D eigenvalue weighted by Gasteiger charge is 2.37. The molecule has 0 spiro atoms. The van der Waals surface area contributed by atoms with Crippen LogP contribution in [0.2, 0.25) is 0 Å². The number of piperidine rings is 1. The van der Waals surface area contributed by atoms with Crippen LogP contribution in [0.1, 0.15) is 37.7 Å². The number of hydrogen-bond donors (Lipinski definition) is 1. The van der Waals surface area contributed by atoms with Crippen molar-refractivity contribution in [3.05, 3.63) is 35.9 Å². The zero-order chi connectivity index (χ0) is 18.3. The van der Waals surface area contributed by atoms with Crippen LogP contribution in [0.25, 0.3) is 0 Å². The highest BCUT2D eigenvalue weighted by Crippen LogP contribution is 2.36. The molecule has 25 heavy (non-hydrogen) atoms. The van der Waals surface area contributed by atoms with Gasteiger partial charge < -0.3 is 15.1 Å². The molecule has 1 saturated heterocycles. The molecule has 0 bridgehead atoms. The Bertz CT molecular complexity index is 538. The molecule has 0 aromatic heterocycles. The maximum Gasteiger partial charge on any atom is 0.223 e. The summed E-state index contributed by atoms with van der Waals surface area (Å²) < 4.78 is 0.990. The number of benzene rings is 1. The van der Waals surface area contributed by atoms with Crippen LogP contribution >= 0.6 is 0 Å². The van der Waals surface area contributed by atoms with Gasteiger partial charge >= 0.3 is 0 Å². The van der Waals surface area contributed by atoms with Crippen molar-refractivity contribution in [1.82, 2.24) is 4.90 Å². The van der Waals surface area contributed by atoms with Gasteiger partial charge in [-0.1, -0.05) is 30.3 Å². The molecule has 140 valence electrons. The number of unbranched alkanes of at least 4 members (excludes halogenated alkanes) is 1. The third-order valence-corrected chi connectivity index (χ3v) is 5.52. The zero-order valence-electron chi connectivity index (χ0n) is 16.3. The van der Waals surface area contributed by atoms with Crippen molar-refractivity contribution in [3.63, 3.8) is 0 Å². The summed E-state index contributed by atoms with van der Waals surface area (Å²) in [4.78, 5) is 14.7. The first-order valence-electron chi connectivity index (χ1n) is 9.66. The summed E-state index contributed by atoms with van der Waals surface area (Å²) in [5, 5.41) is 0. The lowest BCUT2D eigenvalue weighted by atomic mass is 9.74. The van der Waals surface area contributed by atoms with Crippen LogP contribution in [0.5, 0.6) is 0 Å². The lowest BCUT2D eigenvalue weighted by molar-refractivity contribution is -0.870. The van der Waals surface area contributed by atoms with Gasteiger partial charge in [0.15, 0.2) is 0 Å². The molecule has 4 heteroatoms. The molecule has 4 nitrogen and oxygen atoms in total. The number of aryl methyl sites for hydroxylation is 1. The molecule has 1 heterocycles. The van der Waals surface area contributed by atoms with Crippen molar-refractivity contribution in [2.75, 3.05) is 47.3 Å². The van der Waals surface area contributed by atoms with E-state index in [-0.39, 0.29) is 5.41 Å². The summed E-state index contributed by atoms with van der Waals surface area (Å²) in [6.45, 7) is 3.54. The lowest BCUT2D eigenvalue weighted by Gasteiger charge is -2.41. The zero-order valence-corrected chi connectivity index (χ0v) is 16.3. The largest absolute Gasteiger partial charge is 0.343 e. The Balaban J connectivity index is 1.80. The van der Waals surface area contributed by atoms with Gasteiger partial charge in [-0.15, -0.1) is 0 Å². The Hall–Kier alpha value is -1.39. The van der Waals surface area contributed by atoms with Crippen LogP contribution in [0, 0.1) is 5.41 Å². The van der Waals surface area contributed by atoms with Crippen LogP contribution in [0.4, 0.5) is 0 Å². The number of hydrogen-bond acceptors (Lipinski definition) is 2. The van der Waals surface area contributed by atoms with E-state index >= 15 is 0 Å². The van der Waals surface area contributed by atoms with Crippen LogP contribution < -0.4 is 5.73 Å². The van der Waals surface area contributed by atoms with Gasteiger partial charge in [-0.05, 0) is 49.6 Å². The second-order valence-corrected chi connectivity index (χ2v) is 8.72. The molecule has 0 radical (unpaired) electrons. The number of quaternary nitrogens is 1. The van der Waals surface area contributed by atoms with Crippen LogP contribution in [0.3, 0.4) is 0 Å². The first-order valence-corrected chi connectivity index (χ1v) is 9.66. The highest BCUT2D eigenvalue weighted by molar-refractivity contribution is 5.77. The molecule has 1 aliphatic rings. The molecular weight excluding hydrogens is 310 g/mol. The normalized spacial score (nSPS) is 21.6. The molecule has 1 atom stereocenters. The fourth-order valence-electron chi connectivity index (χ4n) is 3.69. The Kier molecular flexibility index (Phi) is 7.03. The molecule has 0 saturated carbocycles. The number of likely N-dealkylation sites (tertiary alicyclic amines) is 1. The van der Waals surface area contributed by atoms with E-state index in [2.05, 4.69) is 50.3 Å². The van der Waals surface area contributed by atoms with Crippen molar-refractivity contribution in [2.24, 2.45) is 11.1 Å². The van der Waals surface area contributed by atoms with Gasteiger partial charge in [-0.25, -0.2) is 0 Å². The van der Waals surface area contributed by atoms with Gasteiger partial charge in [0.05, 0.1) is 27.7 Å². The summed E-state index contributed by atoms with van der Waals surface area (Å²) in [7, 11) is 6.65. The Labute approximate surface area is 153 Å². The Morgan fingerprint density at radius 1 is 1.16 bits per heavy atom. The standard InChI is InChI=1S/C21H36N3O/c1-24(2,3)16-8-7-14-23-15-13-21(18-22,17-20(23)25)12-11-19-9-5-4-6-10-19/h4-6,9-10H,7-8,11-18,22H2,1-3H3/q+1/t21-/m1/s1. The van der Waals surface area contributed by atoms with Crippen molar-refractivity contribution < 1.29 is 9.28 Å². The van der Waals surface area contributed by atoms with E-state index in [1.54, 1.807) is 0 Å². The minimum atomic E-state index is -0.00821. The molecule has 1 aromatic carbocycles. The number of nitrogens with zero attached hydrogens (tertiary/aromatic N) is 2. The van der Waals surface area contributed by atoms with E-state index in [1.165, 1.54) is 12.0 Å². The number of nitrogens with two attached hydrogens (primary N) is 1. The van der Waals surface area contributed by atoms with E-state index in [0.29, 0.717) is 18.9 Å². The number of amides is 1. The Morgan fingerprint density at radius 2 is 1.88 bits per heavy atom. The van der Waals surface area contributed by atoms with Crippen molar-refractivity contribution >= 4 is 5.91 Å². The minimum Gasteiger partial charge on any atom is -0.343 e. The fraction of sp³-hybridized carbons (Fsp3) is 0.667. The highest BCUT2D eigenvalue weighted by atomic mass is 16.2. The van der Waals surface area contributed by atoms with Gasteiger partial charge in [-0.2, -0.15) is 0 Å². The molecule has 1 aromatic rings. The molecule has 1 aliphatic heterocycles. The van der Waals surface area contributed by atoms with E-state index < -0.39 is 0 Å². The summed E-state index contributed by atoms with van der Waals surface area (Å²) >= 11 is 0. The van der Waals surface area contributed by atoms with E-state index in [9.17, 15) is 4.79 Å². The predicted octanol–water partition coefficient (Wildman–Crippen LogP) is 2.67. The second kappa shape index (κ2) is 8.81. The monoisotopic (exact) mass is 346 g/mol. The quantitative estimate of drug-likeness (QED) is 0.552. The van der Waals surface area contributed by atoms with Gasteiger partial charge in [0.2, 0.25) is 5.91 Å². The maximum absolute atomic E-state index is 12.6. The first kappa shape index (κ1) is 19.9. The number of rotatable bonds is 9. The summed E-state index contributed by atoms with van der Waals surface area (Å²) in [6.07, 6.45) is 5.94. The average molecular weight is 347 g/mol. The molecule has 2 rings (SSSR count). The van der Waals surface area contributed by atoms with Crippen molar-refractivity contribution in [3.8, 4) is 0 Å². The van der Waals surface area contributed by atoms with Crippen LogP contribution in [-0.4, -0.2) is 62.6 Å². The summed E-state index contributed by atoms with van der Waals surface area (Å²) in [5.41, 5.74) is 7.44. The molecular formula is C21H36N3O+. The fourth-order valence-corrected chi connectivity index (χ4v) is 3.69. The average Bonchev–Trinajstić information content (AvgIpc) is 2.58. The SMILES string of the molecule is C[N+](C)(C)CCCCN1CC[C@](CN)(CCc2ccccc2)CC1=O. The number of carbonyl (C=O) groups is 1. The molecule has 1 fully saturated rings. The maximum atomic E-state index is 12.6. The topological polar surface area (TPSA) is 46.3 Å². The van der Waals surface area contributed by atoms with E-state index in [0.717, 1.165) is 49.8 Å². The van der Waals surface area contributed by atoms with Gasteiger partial charge in [-0.3, -0.25) is 4.79 Å². The molecule has 0 unspecified atom stereocenters. The van der Waals surface area contributed by atoms with Gasteiger partial charge in [0.25, 0.3) is 0 Å². The minimum absolute atomic E-state index is 0.00821. The van der Waals surface area contributed by atoms with Crippen molar-refractivity contribution in [1.29, 1.82) is 0 Å². The Morgan fingerprint density at radius 3 is 2.48 bits per heavy atom. The van der Waals surface area contributed by atoms with E-state index in [4.69, 9.17) is 5.73 Å². The third-order valence-electron chi connectivity index (χ3n) is 5.52. The first-order chi connectivity index (χ1) is 11.8. The lowest BCUT2D eigenvalue weighted by Crippen LogP contribution is -2.47. The molecule has 1 amide bonds. The summed E-state index contributed by atoms with van der Waals surface area (Å²) in [6, 6.07) is 10.5.